The zero-order valence-corrected chi connectivity index (χ0v) is 7.72. The van der Waals surface area contributed by atoms with E-state index in [0.717, 1.165) is 11.3 Å². The fourth-order valence-electron chi connectivity index (χ4n) is 0.557. The van der Waals surface area contributed by atoms with E-state index in [1.54, 1.807) is 0 Å². The third-order valence-corrected chi connectivity index (χ3v) is 1.89. The molecule has 0 saturated heterocycles. The average molecular weight is 222 g/mol. The van der Waals surface area contributed by atoms with Crippen LogP contribution in [0.4, 0.5) is 5.13 Å². The number of aromatic nitrogens is 2. The second-order valence-electron chi connectivity index (χ2n) is 1.98. The summed E-state index contributed by atoms with van der Waals surface area (Å²) in [6.45, 7) is 0. The van der Waals surface area contributed by atoms with Crippen LogP contribution in [0.5, 0.6) is 0 Å². The number of hydrogen-bond acceptors (Lipinski definition) is 5. The molecule has 1 aromatic heterocycles. The Labute approximate surface area is 81.5 Å². The molecule has 6 nitrogen and oxygen atoms in total. The normalized spacial score (nSPS) is 9.62. The molecule has 1 rings (SSSR count). The molecular weight excluding hydrogens is 218 g/mol. The highest BCUT2D eigenvalue weighted by Crippen LogP contribution is 2.19. The number of carboxylic acid groups (broad SMARTS) is 1. The molecule has 13 heavy (non-hydrogen) atoms. The summed E-state index contributed by atoms with van der Waals surface area (Å²) in [5.41, 5.74) is 0. The van der Waals surface area contributed by atoms with Crippen LogP contribution in [-0.4, -0.2) is 27.2 Å². The molecule has 0 saturated carbocycles. The molecule has 1 aromatic rings. The van der Waals surface area contributed by atoms with Crippen molar-refractivity contribution in [3.63, 3.8) is 0 Å². The highest BCUT2D eigenvalue weighted by molar-refractivity contribution is 7.19. The fraction of sp³-hybridized carbons (Fsp3) is 0.200. The number of nitrogens with zero attached hydrogens (tertiary/aromatic N) is 2. The minimum atomic E-state index is -1.20. The number of hydrogen-bond donors (Lipinski definition) is 2. The molecule has 1 amide bonds. The lowest BCUT2D eigenvalue weighted by Gasteiger charge is -1.95. The second-order valence-corrected chi connectivity index (χ2v) is 3.54. The molecule has 0 aliphatic heterocycles. The van der Waals surface area contributed by atoms with Crippen molar-refractivity contribution in [2.45, 2.75) is 6.42 Å². The predicted molar refractivity (Wildman–Crippen MR) is 45.8 cm³/mol. The quantitative estimate of drug-likeness (QED) is 0.730. The van der Waals surface area contributed by atoms with Gasteiger partial charge in [0.25, 0.3) is 0 Å². The molecule has 0 fully saturated rings. The zero-order chi connectivity index (χ0) is 9.84. The van der Waals surface area contributed by atoms with Crippen LogP contribution >= 0.6 is 22.9 Å². The Bertz CT molecular complexity index is 340. The summed E-state index contributed by atoms with van der Waals surface area (Å²) in [5.74, 6) is -1.85. The Hall–Kier alpha value is -1.21. The Morgan fingerprint density at radius 3 is 2.69 bits per heavy atom. The van der Waals surface area contributed by atoms with Gasteiger partial charge in [-0.25, -0.2) is 0 Å². The zero-order valence-electron chi connectivity index (χ0n) is 6.15. The highest BCUT2D eigenvalue weighted by Gasteiger charge is 2.10. The van der Waals surface area contributed by atoms with Gasteiger partial charge in [-0.05, 0) is 11.6 Å². The molecular formula is C5H4ClN3O3S. The van der Waals surface area contributed by atoms with Crippen LogP contribution in [0.2, 0.25) is 4.47 Å². The topological polar surface area (TPSA) is 92.2 Å². The summed E-state index contributed by atoms with van der Waals surface area (Å²) in [7, 11) is 0. The molecule has 0 bridgehead atoms. The van der Waals surface area contributed by atoms with Gasteiger partial charge >= 0.3 is 5.97 Å². The van der Waals surface area contributed by atoms with E-state index >= 15 is 0 Å². The molecule has 2 N–H and O–H groups in total. The summed E-state index contributed by atoms with van der Waals surface area (Å²) in [5, 5.41) is 17.6. The lowest BCUT2D eigenvalue weighted by molar-refractivity contribution is -0.139. The molecule has 8 heteroatoms. The number of carbonyl (C=O) groups is 2. The van der Waals surface area contributed by atoms with Crippen LogP contribution in [0.25, 0.3) is 0 Å². The van der Waals surface area contributed by atoms with Crippen molar-refractivity contribution in [2.75, 3.05) is 5.32 Å². The highest BCUT2D eigenvalue weighted by atomic mass is 35.5. The van der Waals surface area contributed by atoms with Crippen LogP contribution in [0.3, 0.4) is 0 Å². The molecule has 70 valence electrons. The van der Waals surface area contributed by atoms with Crippen LogP contribution in [0.1, 0.15) is 6.42 Å². The Morgan fingerprint density at radius 2 is 2.23 bits per heavy atom. The summed E-state index contributed by atoms with van der Waals surface area (Å²) in [4.78, 5) is 20.9. The summed E-state index contributed by atoms with van der Waals surface area (Å²) in [6, 6.07) is 0. The van der Waals surface area contributed by atoms with E-state index in [2.05, 4.69) is 15.5 Å². The number of nitrogens with one attached hydrogen (secondary N) is 1. The van der Waals surface area contributed by atoms with Crippen LogP contribution in [-0.2, 0) is 9.59 Å². The smallest absolute Gasteiger partial charge is 0.312 e. The fourth-order valence-corrected chi connectivity index (χ4v) is 1.30. The standard InChI is InChI=1S/C5H4ClN3O3S/c6-4-8-9-5(13-4)7-2(10)1-3(11)12/h1H2,(H,11,12)(H,7,9,10). The third-order valence-electron chi connectivity index (χ3n) is 0.958. The number of halogens is 1. The summed E-state index contributed by atoms with van der Waals surface area (Å²) in [6.07, 6.45) is -0.600. The van der Waals surface area contributed by atoms with E-state index in [-0.39, 0.29) is 9.60 Å². The van der Waals surface area contributed by atoms with Gasteiger partial charge in [-0.2, -0.15) is 0 Å². The number of carboxylic acids is 1. The van der Waals surface area contributed by atoms with Crippen LogP contribution in [0.15, 0.2) is 0 Å². The predicted octanol–water partition coefficient (Wildman–Crippen LogP) is 0.605. The van der Waals surface area contributed by atoms with Gasteiger partial charge in [0.15, 0.2) is 0 Å². The number of rotatable bonds is 3. The molecule has 0 atom stereocenters. The van der Waals surface area contributed by atoms with E-state index in [4.69, 9.17) is 16.7 Å². The number of anilines is 1. The third kappa shape index (κ3) is 3.34. The van der Waals surface area contributed by atoms with Gasteiger partial charge in [0.1, 0.15) is 6.42 Å². The maximum Gasteiger partial charge on any atom is 0.312 e. The van der Waals surface area contributed by atoms with Crippen molar-refractivity contribution in [2.24, 2.45) is 0 Å². The summed E-state index contributed by atoms with van der Waals surface area (Å²) >= 11 is 6.39. The van der Waals surface area contributed by atoms with Crippen LogP contribution < -0.4 is 5.32 Å². The number of carbonyl (C=O) groups excluding carboxylic acids is 1. The SMILES string of the molecule is O=C(O)CC(=O)Nc1nnc(Cl)s1. The van der Waals surface area contributed by atoms with E-state index in [1.807, 2.05) is 0 Å². The molecule has 0 aliphatic rings. The second kappa shape index (κ2) is 4.15. The Balaban J connectivity index is 2.50. The lowest BCUT2D eigenvalue weighted by Crippen LogP contribution is -2.15. The monoisotopic (exact) mass is 221 g/mol. The van der Waals surface area contributed by atoms with Gasteiger partial charge in [0.05, 0.1) is 0 Å². The first-order chi connectivity index (χ1) is 6.08. The van der Waals surface area contributed by atoms with E-state index < -0.39 is 18.3 Å². The molecule has 1 heterocycles. The van der Waals surface area contributed by atoms with Gasteiger partial charge < -0.3 is 5.11 Å². The molecule has 0 radical (unpaired) electrons. The Morgan fingerprint density at radius 1 is 1.54 bits per heavy atom. The first-order valence-electron chi connectivity index (χ1n) is 3.08. The first-order valence-corrected chi connectivity index (χ1v) is 4.28. The van der Waals surface area contributed by atoms with Crippen molar-refractivity contribution >= 4 is 39.9 Å². The average Bonchev–Trinajstić information content (AvgIpc) is 2.33. The van der Waals surface area contributed by atoms with Gasteiger partial charge in [-0.15, -0.1) is 10.2 Å². The van der Waals surface area contributed by atoms with E-state index in [1.165, 1.54) is 0 Å². The first kappa shape index (κ1) is 9.87. The Kier molecular flexibility index (Phi) is 3.15. The maximum absolute atomic E-state index is 10.8. The number of amides is 1. The molecule has 0 aromatic carbocycles. The van der Waals surface area contributed by atoms with Crippen molar-refractivity contribution < 1.29 is 14.7 Å². The maximum atomic E-state index is 10.8. The lowest BCUT2D eigenvalue weighted by atomic mass is 10.4. The van der Waals surface area contributed by atoms with Crippen molar-refractivity contribution in [3.8, 4) is 0 Å². The van der Waals surface area contributed by atoms with E-state index in [0.29, 0.717) is 0 Å². The molecule has 0 spiro atoms. The van der Waals surface area contributed by atoms with E-state index in [9.17, 15) is 9.59 Å². The number of aliphatic carboxylic acids is 1. The molecule has 0 unspecified atom stereocenters. The van der Waals surface area contributed by atoms with Crippen LogP contribution in [0, 0.1) is 0 Å². The van der Waals surface area contributed by atoms with Crippen molar-refractivity contribution in [3.05, 3.63) is 4.47 Å². The van der Waals surface area contributed by atoms with Gasteiger partial charge in [-0.3, -0.25) is 14.9 Å². The minimum absolute atomic E-state index is 0.186. The summed E-state index contributed by atoms with van der Waals surface area (Å²) < 4.78 is 0.186. The minimum Gasteiger partial charge on any atom is -0.481 e. The van der Waals surface area contributed by atoms with Gasteiger partial charge in [0.2, 0.25) is 15.5 Å². The van der Waals surface area contributed by atoms with Crippen molar-refractivity contribution in [1.82, 2.24) is 10.2 Å². The molecule has 0 aliphatic carbocycles. The largest absolute Gasteiger partial charge is 0.481 e. The van der Waals surface area contributed by atoms with Gasteiger partial charge in [-0.1, -0.05) is 11.3 Å². The van der Waals surface area contributed by atoms with Crippen molar-refractivity contribution in [1.29, 1.82) is 0 Å². The van der Waals surface area contributed by atoms with Gasteiger partial charge in [0, 0.05) is 0 Å².